The van der Waals surface area contributed by atoms with Crippen molar-refractivity contribution in [1.82, 2.24) is 4.90 Å². The molecule has 3 nitrogen and oxygen atoms in total. The Bertz CT molecular complexity index is 1120. The molecule has 0 saturated carbocycles. The molecule has 0 aliphatic carbocycles. The summed E-state index contributed by atoms with van der Waals surface area (Å²) in [5, 5.41) is 8.86. The summed E-state index contributed by atoms with van der Waals surface area (Å²) in [7, 11) is 2.18. The first-order valence-corrected chi connectivity index (χ1v) is 11.2. The zero-order chi connectivity index (χ0) is 21.4. The Kier molecular flexibility index (Phi) is 5.58. The van der Waals surface area contributed by atoms with E-state index in [9.17, 15) is 0 Å². The van der Waals surface area contributed by atoms with Crippen molar-refractivity contribution in [2.75, 3.05) is 25.1 Å². The van der Waals surface area contributed by atoms with E-state index in [4.69, 9.17) is 28.3 Å². The van der Waals surface area contributed by atoms with Crippen LogP contribution in [0.5, 0.6) is 0 Å². The van der Waals surface area contributed by atoms with Crippen LogP contribution in [0.25, 0.3) is 6.08 Å². The Morgan fingerprint density at radius 3 is 2.19 bits per heavy atom. The molecule has 0 amide bonds. The number of hydrogen-bond donors (Lipinski definition) is 0. The third-order valence-corrected chi connectivity index (χ3v) is 6.44. The van der Waals surface area contributed by atoms with Crippen molar-refractivity contribution in [3.05, 3.63) is 106 Å². The summed E-state index contributed by atoms with van der Waals surface area (Å²) in [5.41, 5.74) is 5.86. The molecule has 0 radical (unpaired) electrons. The summed E-state index contributed by atoms with van der Waals surface area (Å²) in [5.74, 6) is 0.263. The average molecular weight is 448 g/mol. The monoisotopic (exact) mass is 447 g/mol. The average Bonchev–Trinajstić information content (AvgIpc) is 3.16. The maximum absolute atomic E-state index is 6.19. The normalized spacial score (nSPS) is 22.5. The molecule has 31 heavy (non-hydrogen) atoms. The molecule has 1 saturated heterocycles. The highest BCUT2D eigenvalue weighted by atomic mass is 35.5. The third-order valence-electron chi connectivity index (χ3n) is 5.93. The fourth-order valence-corrected chi connectivity index (χ4v) is 4.80. The minimum atomic E-state index is 0.117. The molecule has 5 heteroatoms. The van der Waals surface area contributed by atoms with Gasteiger partial charge in [-0.2, -0.15) is 5.10 Å². The van der Waals surface area contributed by atoms with Crippen LogP contribution in [0.4, 0.5) is 5.69 Å². The van der Waals surface area contributed by atoms with Gasteiger partial charge in [0.25, 0.3) is 0 Å². The Balaban J connectivity index is 1.60. The van der Waals surface area contributed by atoms with Gasteiger partial charge in [0.05, 0.1) is 17.4 Å². The molecule has 5 rings (SSSR count). The lowest BCUT2D eigenvalue weighted by atomic mass is 9.83. The van der Waals surface area contributed by atoms with Gasteiger partial charge >= 0.3 is 0 Å². The van der Waals surface area contributed by atoms with Gasteiger partial charge in [0.15, 0.2) is 0 Å². The second-order valence-electron chi connectivity index (χ2n) is 8.19. The molecule has 2 atom stereocenters. The van der Waals surface area contributed by atoms with E-state index in [-0.39, 0.29) is 12.0 Å². The van der Waals surface area contributed by atoms with Crippen LogP contribution in [0.15, 0.2) is 89.5 Å². The molecule has 2 aliphatic rings. The minimum Gasteiger partial charge on any atom is -0.301 e. The molecule has 2 aliphatic heterocycles. The zero-order valence-electron chi connectivity index (χ0n) is 17.2. The van der Waals surface area contributed by atoms with Gasteiger partial charge in [-0.3, -0.25) is 5.01 Å². The van der Waals surface area contributed by atoms with Crippen LogP contribution < -0.4 is 5.01 Å². The smallest absolute Gasteiger partial charge is 0.0872 e. The molecule has 0 aromatic heterocycles. The number of benzene rings is 3. The number of halogens is 2. The highest BCUT2D eigenvalue weighted by Gasteiger charge is 2.43. The summed E-state index contributed by atoms with van der Waals surface area (Å²) in [6.07, 6.45) is 2.24. The van der Waals surface area contributed by atoms with E-state index in [2.05, 4.69) is 71.6 Å². The Morgan fingerprint density at radius 2 is 1.52 bits per heavy atom. The second-order valence-corrected chi connectivity index (χ2v) is 9.06. The summed E-state index contributed by atoms with van der Waals surface area (Å²) in [6.45, 7) is 1.82. The summed E-state index contributed by atoms with van der Waals surface area (Å²) >= 11 is 12.3. The molecule has 3 aromatic rings. The van der Waals surface area contributed by atoms with E-state index in [1.165, 1.54) is 11.1 Å². The van der Waals surface area contributed by atoms with Crippen LogP contribution in [0.1, 0.15) is 17.2 Å². The zero-order valence-corrected chi connectivity index (χ0v) is 18.8. The van der Waals surface area contributed by atoms with E-state index >= 15 is 0 Å². The lowest BCUT2D eigenvalue weighted by Crippen LogP contribution is -2.41. The number of piperidine rings is 1. The van der Waals surface area contributed by atoms with Gasteiger partial charge in [0.2, 0.25) is 0 Å². The van der Waals surface area contributed by atoms with Gasteiger partial charge in [0, 0.05) is 29.1 Å². The maximum Gasteiger partial charge on any atom is 0.0872 e. The van der Waals surface area contributed by atoms with Gasteiger partial charge in [-0.15, -0.1) is 0 Å². The van der Waals surface area contributed by atoms with Crippen LogP contribution in [-0.2, 0) is 0 Å². The molecular weight excluding hydrogens is 425 g/mol. The van der Waals surface area contributed by atoms with Crippen molar-refractivity contribution in [1.29, 1.82) is 0 Å². The predicted molar refractivity (Wildman–Crippen MR) is 131 cm³/mol. The van der Waals surface area contributed by atoms with Gasteiger partial charge in [-0.1, -0.05) is 65.7 Å². The van der Waals surface area contributed by atoms with Crippen LogP contribution >= 0.6 is 23.2 Å². The molecular formula is C26H23Cl2N3. The molecule has 1 fully saturated rings. The van der Waals surface area contributed by atoms with Gasteiger partial charge < -0.3 is 4.90 Å². The summed E-state index contributed by atoms with van der Waals surface area (Å²) < 4.78 is 0. The summed E-state index contributed by atoms with van der Waals surface area (Å²) in [6, 6.07) is 26.7. The number of rotatable bonds is 3. The standard InChI is InChI=1S/C26H23Cl2N3/c1-30-16-20(15-18-7-11-21(27)12-8-18)25-24(17-30)26(19-9-13-22(28)14-10-19)31(29-25)23-5-3-2-4-6-23/h2-15,24,26H,16-17H2,1H3/b20-15+/t24-,26+/m0/s1. The minimum absolute atomic E-state index is 0.117. The molecule has 3 aromatic carbocycles. The van der Waals surface area contributed by atoms with E-state index in [0.717, 1.165) is 40.1 Å². The van der Waals surface area contributed by atoms with E-state index in [0.29, 0.717) is 0 Å². The fraction of sp³-hybridized carbons (Fsp3) is 0.192. The van der Waals surface area contributed by atoms with Crippen molar-refractivity contribution in [3.8, 4) is 0 Å². The topological polar surface area (TPSA) is 18.8 Å². The van der Waals surface area contributed by atoms with Crippen LogP contribution in [0.3, 0.4) is 0 Å². The molecule has 0 N–H and O–H groups in total. The molecule has 2 heterocycles. The van der Waals surface area contributed by atoms with Crippen molar-refractivity contribution in [2.24, 2.45) is 11.0 Å². The lowest BCUT2D eigenvalue weighted by Gasteiger charge is -2.34. The number of hydrazone groups is 1. The van der Waals surface area contributed by atoms with Crippen molar-refractivity contribution in [3.63, 3.8) is 0 Å². The number of hydrogen-bond acceptors (Lipinski definition) is 3. The first kappa shape index (κ1) is 20.3. The number of fused-ring (bicyclic) bond motifs is 1. The number of likely N-dealkylation sites (tertiary alicyclic amines) is 1. The number of nitrogens with zero attached hydrogens (tertiary/aromatic N) is 3. The molecule has 156 valence electrons. The predicted octanol–water partition coefficient (Wildman–Crippen LogP) is 6.56. The molecule has 0 bridgehead atoms. The van der Waals surface area contributed by atoms with E-state index in [1.54, 1.807) is 0 Å². The Hall–Kier alpha value is -2.59. The van der Waals surface area contributed by atoms with E-state index < -0.39 is 0 Å². The van der Waals surface area contributed by atoms with Crippen LogP contribution in [-0.4, -0.2) is 30.7 Å². The highest BCUT2D eigenvalue weighted by Crippen LogP contribution is 2.43. The number of para-hydroxylation sites is 1. The molecule has 0 spiro atoms. The first-order chi connectivity index (χ1) is 15.1. The first-order valence-electron chi connectivity index (χ1n) is 10.4. The lowest BCUT2D eigenvalue weighted by molar-refractivity contribution is 0.303. The molecule has 0 unspecified atom stereocenters. The maximum atomic E-state index is 6.19. The summed E-state index contributed by atoms with van der Waals surface area (Å²) in [4.78, 5) is 2.38. The Morgan fingerprint density at radius 1 is 0.871 bits per heavy atom. The van der Waals surface area contributed by atoms with Crippen molar-refractivity contribution in [2.45, 2.75) is 6.04 Å². The quantitative estimate of drug-likeness (QED) is 0.452. The van der Waals surface area contributed by atoms with Crippen molar-refractivity contribution >= 4 is 40.7 Å². The highest BCUT2D eigenvalue weighted by molar-refractivity contribution is 6.30. The van der Waals surface area contributed by atoms with Crippen molar-refractivity contribution < 1.29 is 0 Å². The second kappa shape index (κ2) is 8.51. The Labute approximate surface area is 193 Å². The SMILES string of the molecule is CN1C/C(=C\c2ccc(Cl)cc2)C2=NN(c3ccccc3)[C@H](c3ccc(Cl)cc3)[C@H]2C1. The fourth-order valence-electron chi connectivity index (χ4n) is 4.55. The number of anilines is 1. The van der Waals surface area contributed by atoms with Gasteiger partial charge in [0.1, 0.15) is 0 Å². The van der Waals surface area contributed by atoms with Gasteiger partial charge in [-0.25, -0.2) is 0 Å². The van der Waals surface area contributed by atoms with Crippen LogP contribution in [0, 0.1) is 5.92 Å². The number of likely N-dealkylation sites (N-methyl/N-ethyl adjacent to an activating group) is 1. The third kappa shape index (κ3) is 4.14. The van der Waals surface area contributed by atoms with Gasteiger partial charge in [-0.05, 0) is 66.2 Å². The largest absolute Gasteiger partial charge is 0.301 e. The van der Waals surface area contributed by atoms with Crippen LogP contribution in [0.2, 0.25) is 10.0 Å². The van der Waals surface area contributed by atoms with E-state index in [1.807, 2.05) is 30.3 Å².